The molecule has 2 rings (SSSR count). The van der Waals surface area contributed by atoms with Crippen LogP contribution in [-0.2, 0) is 0 Å². The van der Waals surface area contributed by atoms with Gasteiger partial charge in [0.15, 0.2) is 5.15 Å². The highest BCUT2D eigenvalue weighted by Gasteiger charge is 2.16. The second kappa shape index (κ2) is 5.72. The Morgan fingerprint density at radius 2 is 2.00 bits per heavy atom. The Labute approximate surface area is 128 Å². The Morgan fingerprint density at radius 1 is 1.30 bits per heavy atom. The van der Waals surface area contributed by atoms with E-state index in [0.29, 0.717) is 21.3 Å². The third kappa shape index (κ3) is 2.88. The summed E-state index contributed by atoms with van der Waals surface area (Å²) in [5, 5.41) is 11.1. The maximum atomic E-state index is 10.9. The normalized spacial score (nSPS) is 10.4. The molecule has 1 aromatic heterocycles. The van der Waals surface area contributed by atoms with Gasteiger partial charge in [-0.2, -0.15) is 0 Å². The lowest BCUT2D eigenvalue weighted by atomic mass is 10.1. The number of nitro groups is 1. The van der Waals surface area contributed by atoms with Gasteiger partial charge in [-0.1, -0.05) is 11.6 Å². The average Bonchev–Trinajstić information content (AvgIpc) is 2.38. The Hall–Kier alpha value is -1.73. The van der Waals surface area contributed by atoms with Crippen LogP contribution in [0, 0.1) is 24.0 Å². The molecule has 0 saturated carbocycles. The van der Waals surface area contributed by atoms with Crippen LogP contribution in [0.2, 0.25) is 5.15 Å². The summed E-state index contributed by atoms with van der Waals surface area (Å²) in [5.41, 5.74) is 1.19. The lowest BCUT2D eigenvalue weighted by molar-refractivity contribution is -0.385. The van der Waals surface area contributed by atoms with E-state index in [0.717, 1.165) is 0 Å². The second-order valence-electron chi connectivity index (χ2n) is 4.05. The third-order valence-electron chi connectivity index (χ3n) is 2.61. The molecule has 0 fully saturated rings. The lowest BCUT2D eigenvalue weighted by Gasteiger charge is -2.10. The summed E-state index contributed by atoms with van der Waals surface area (Å²) in [6, 6.07) is 3.05. The maximum absolute atomic E-state index is 10.9. The van der Waals surface area contributed by atoms with E-state index in [4.69, 9.17) is 16.3 Å². The van der Waals surface area contributed by atoms with Crippen molar-refractivity contribution in [2.75, 3.05) is 0 Å². The van der Waals surface area contributed by atoms with E-state index in [9.17, 15) is 10.1 Å². The average molecular weight is 359 g/mol. The van der Waals surface area contributed by atoms with E-state index >= 15 is 0 Å². The zero-order valence-electron chi connectivity index (χ0n) is 10.6. The molecule has 20 heavy (non-hydrogen) atoms. The molecule has 0 amide bonds. The Balaban J connectivity index is 2.42. The molecule has 0 saturated heterocycles. The topological polar surface area (TPSA) is 78.2 Å². The van der Waals surface area contributed by atoms with Gasteiger partial charge in [-0.15, -0.1) is 0 Å². The zero-order chi connectivity index (χ0) is 14.9. The first-order chi connectivity index (χ1) is 9.40. The summed E-state index contributed by atoms with van der Waals surface area (Å²) in [5.74, 6) is 0.727. The highest BCUT2D eigenvalue weighted by Crippen LogP contribution is 2.35. The van der Waals surface area contributed by atoms with Crippen molar-refractivity contribution in [1.29, 1.82) is 0 Å². The van der Waals surface area contributed by atoms with Crippen LogP contribution < -0.4 is 4.74 Å². The van der Waals surface area contributed by atoms with Gasteiger partial charge in [0.2, 0.25) is 5.88 Å². The summed E-state index contributed by atoms with van der Waals surface area (Å²) in [7, 11) is 0. The molecule has 8 heteroatoms. The van der Waals surface area contributed by atoms with Gasteiger partial charge in [0.1, 0.15) is 16.5 Å². The van der Waals surface area contributed by atoms with Crippen molar-refractivity contribution >= 4 is 33.2 Å². The molecule has 104 valence electrons. The monoisotopic (exact) mass is 357 g/mol. The second-order valence-corrected chi connectivity index (χ2v) is 5.20. The van der Waals surface area contributed by atoms with Gasteiger partial charge in [0.25, 0.3) is 5.69 Å². The van der Waals surface area contributed by atoms with Gasteiger partial charge in [0, 0.05) is 11.6 Å². The zero-order valence-corrected chi connectivity index (χ0v) is 12.9. The SMILES string of the molecule is Cc1cc([N+](=O)[O-])c(C)cc1Oc1ncnc(Cl)c1Br. The summed E-state index contributed by atoms with van der Waals surface area (Å²) < 4.78 is 6.06. The van der Waals surface area contributed by atoms with Crippen LogP contribution in [0.3, 0.4) is 0 Å². The molecule has 0 atom stereocenters. The van der Waals surface area contributed by atoms with Crippen LogP contribution in [0.25, 0.3) is 0 Å². The van der Waals surface area contributed by atoms with Crippen LogP contribution in [0.15, 0.2) is 22.9 Å². The van der Waals surface area contributed by atoms with Crippen LogP contribution >= 0.6 is 27.5 Å². The van der Waals surface area contributed by atoms with E-state index < -0.39 is 4.92 Å². The third-order valence-corrected chi connectivity index (χ3v) is 3.84. The lowest BCUT2D eigenvalue weighted by Crippen LogP contribution is -1.97. The predicted molar refractivity (Wildman–Crippen MR) is 77.4 cm³/mol. The van der Waals surface area contributed by atoms with Crippen molar-refractivity contribution < 1.29 is 9.66 Å². The summed E-state index contributed by atoms with van der Waals surface area (Å²) in [6.45, 7) is 3.37. The van der Waals surface area contributed by atoms with Crippen molar-refractivity contribution in [1.82, 2.24) is 9.97 Å². The number of benzene rings is 1. The Morgan fingerprint density at radius 3 is 2.65 bits per heavy atom. The first-order valence-electron chi connectivity index (χ1n) is 5.49. The number of aryl methyl sites for hydroxylation is 2. The van der Waals surface area contributed by atoms with E-state index in [1.54, 1.807) is 19.9 Å². The number of halogens is 2. The minimum Gasteiger partial charge on any atom is -0.437 e. The first kappa shape index (κ1) is 14.7. The highest BCUT2D eigenvalue weighted by molar-refractivity contribution is 9.10. The van der Waals surface area contributed by atoms with Gasteiger partial charge in [-0.3, -0.25) is 10.1 Å². The van der Waals surface area contributed by atoms with Crippen molar-refractivity contribution in [2.24, 2.45) is 0 Å². The van der Waals surface area contributed by atoms with Gasteiger partial charge in [0.05, 0.1) is 4.92 Å². The highest BCUT2D eigenvalue weighted by atomic mass is 79.9. The molecular weight excluding hydrogens is 350 g/mol. The number of ether oxygens (including phenoxy) is 1. The van der Waals surface area contributed by atoms with Gasteiger partial charge in [-0.25, -0.2) is 9.97 Å². The molecule has 1 heterocycles. The quantitative estimate of drug-likeness (QED) is 0.466. The van der Waals surface area contributed by atoms with E-state index in [1.807, 2.05) is 0 Å². The number of nitro benzene ring substituents is 1. The van der Waals surface area contributed by atoms with Crippen molar-refractivity contribution in [3.05, 3.63) is 49.3 Å². The molecule has 0 bridgehead atoms. The molecule has 0 unspecified atom stereocenters. The smallest absolute Gasteiger partial charge is 0.272 e. The molecule has 2 aromatic rings. The first-order valence-corrected chi connectivity index (χ1v) is 6.66. The number of rotatable bonds is 3. The largest absolute Gasteiger partial charge is 0.437 e. The molecule has 0 radical (unpaired) electrons. The standard InChI is InChI=1S/C12H9BrClN3O3/c1-6-4-9(7(2)3-8(6)17(18)19)20-12-10(13)11(14)15-5-16-12/h3-5H,1-2H3. The summed E-state index contributed by atoms with van der Waals surface area (Å²) in [4.78, 5) is 18.2. The number of aromatic nitrogens is 2. The molecule has 0 aliphatic heterocycles. The van der Waals surface area contributed by atoms with Crippen molar-refractivity contribution in [3.8, 4) is 11.6 Å². The minimum atomic E-state index is -0.427. The molecule has 0 N–H and O–H groups in total. The van der Waals surface area contributed by atoms with Crippen LogP contribution in [-0.4, -0.2) is 14.9 Å². The van der Waals surface area contributed by atoms with E-state index in [2.05, 4.69) is 25.9 Å². The molecule has 0 aliphatic carbocycles. The predicted octanol–water partition coefficient (Wildman–Crippen LogP) is 4.21. The molecule has 0 spiro atoms. The minimum absolute atomic E-state index is 0.0506. The molecule has 0 aliphatic rings. The van der Waals surface area contributed by atoms with Crippen LogP contribution in [0.4, 0.5) is 5.69 Å². The number of hydrogen-bond donors (Lipinski definition) is 0. The number of nitrogens with zero attached hydrogens (tertiary/aromatic N) is 3. The molecule has 1 aromatic carbocycles. The van der Waals surface area contributed by atoms with E-state index in [-0.39, 0.29) is 16.7 Å². The van der Waals surface area contributed by atoms with Crippen molar-refractivity contribution in [3.63, 3.8) is 0 Å². The molecule has 6 nitrogen and oxygen atoms in total. The van der Waals surface area contributed by atoms with Gasteiger partial charge < -0.3 is 4.74 Å². The Bertz CT molecular complexity index is 694. The molecular formula is C12H9BrClN3O3. The van der Waals surface area contributed by atoms with E-state index in [1.165, 1.54) is 12.4 Å². The summed E-state index contributed by atoms with van der Waals surface area (Å²) >= 11 is 9.08. The Kier molecular flexibility index (Phi) is 4.20. The fourth-order valence-electron chi connectivity index (χ4n) is 1.59. The van der Waals surface area contributed by atoms with Crippen LogP contribution in [0.1, 0.15) is 11.1 Å². The van der Waals surface area contributed by atoms with Gasteiger partial charge in [-0.05, 0) is 41.4 Å². The fraction of sp³-hybridized carbons (Fsp3) is 0.167. The number of hydrogen-bond acceptors (Lipinski definition) is 5. The fourth-order valence-corrected chi connectivity index (χ4v) is 2.00. The maximum Gasteiger partial charge on any atom is 0.272 e. The van der Waals surface area contributed by atoms with Gasteiger partial charge >= 0.3 is 0 Å². The summed E-state index contributed by atoms with van der Waals surface area (Å²) in [6.07, 6.45) is 1.27. The van der Waals surface area contributed by atoms with Crippen LogP contribution in [0.5, 0.6) is 11.6 Å². The van der Waals surface area contributed by atoms with Crippen molar-refractivity contribution in [2.45, 2.75) is 13.8 Å².